The third-order valence-electron chi connectivity index (χ3n) is 2.97. The van der Waals surface area contributed by atoms with E-state index in [1.807, 2.05) is 51.1 Å². The van der Waals surface area contributed by atoms with Crippen molar-refractivity contribution >= 4 is 6.09 Å². The summed E-state index contributed by atoms with van der Waals surface area (Å²) in [7, 11) is 0. The molecule has 1 atom stereocenters. The summed E-state index contributed by atoms with van der Waals surface area (Å²) in [4.78, 5) is 11.7. The zero-order chi connectivity index (χ0) is 14.3. The third kappa shape index (κ3) is 5.75. The second kappa shape index (κ2) is 7.14. The highest BCUT2D eigenvalue weighted by Crippen LogP contribution is 2.21. The van der Waals surface area contributed by atoms with Gasteiger partial charge in [-0.1, -0.05) is 51.1 Å². The zero-order valence-electron chi connectivity index (χ0n) is 11.8. The Hall–Kier alpha value is -1.55. The van der Waals surface area contributed by atoms with Gasteiger partial charge in [0.2, 0.25) is 0 Å². The van der Waals surface area contributed by atoms with Crippen molar-refractivity contribution in [3.05, 3.63) is 35.9 Å². The van der Waals surface area contributed by atoms with Gasteiger partial charge in [-0.15, -0.1) is 0 Å². The van der Waals surface area contributed by atoms with Crippen LogP contribution in [0.15, 0.2) is 30.3 Å². The van der Waals surface area contributed by atoms with Crippen molar-refractivity contribution in [2.75, 3.05) is 6.61 Å². The number of rotatable bonds is 5. The molecule has 1 rings (SSSR count). The van der Waals surface area contributed by atoms with Crippen molar-refractivity contribution in [2.45, 2.75) is 39.8 Å². The highest BCUT2D eigenvalue weighted by atomic mass is 16.5. The Morgan fingerprint density at radius 2 is 1.95 bits per heavy atom. The molecule has 106 valence electrons. The van der Waals surface area contributed by atoms with E-state index in [1.165, 1.54) is 0 Å². The van der Waals surface area contributed by atoms with E-state index in [1.54, 1.807) is 0 Å². The fraction of sp³-hybridized carbons (Fsp3) is 0.533. The first-order valence-electron chi connectivity index (χ1n) is 6.51. The van der Waals surface area contributed by atoms with Gasteiger partial charge in [0, 0.05) is 12.6 Å². The van der Waals surface area contributed by atoms with Crippen LogP contribution in [0.25, 0.3) is 0 Å². The van der Waals surface area contributed by atoms with Crippen LogP contribution in [0.5, 0.6) is 0 Å². The van der Waals surface area contributed by atoms with Crippen LogP contribution in [-0.2, 0) is 11.3 Å². The number of nitrogens with one attached hydrogen (secondary N) is 1. The molecule has 0 fully saturated rings. The summed E-state index contributed by atoms with van der Waals surface area (Å²) in [6.07, 6.45) is 0.0708. The van der Waals surface area contributed by atoms with Crippen LogP contribution in [0, 0.1) is 5.41 Å². The minimum Gasteiger partial charge on any atom is -0.445 e. The number of aliphatic hydroxyl groups is 1. The normalized spacial score (nSPS) is 12.8. The van der Waals surface area contributed by atoms with Crippen LogP contribution < -0.4 is 5.32 Å². The van der Waals surface area contributed by atoms with Gasteiger partial charge in [0.25, 0.3) is 0 Å². The molecule has 0 spiro atoms. The molecule has 1 aromatic carbocycles. The van der Waals surface area contributed by atoms with E-state index in [-0.39, 0.29) is 24.7 Å². The quantitative estimate of drug-likeness (QED) is 0.860. The van der Waals surface area contributed by atoms with E-state index in [0.717, 1.165) is 5.56 Å². The van der Waals surface area contributed by atoms with Crippen molar-refractivity contribution in [3.8, 4) is 0 Å². The Labute approximate surface area is 114 Å². The lowest BCUT2D eigenvalue weighted by molar-refractivity contribution is 0.120. The number of benzene rings is 1. The fourth-order valence-electron chi connectivity index (χ4n) is 1.76. The number of carbonyl (C=O) groups excluding carboxylic acids is 1. The van der Waals surface area contributed by atoms with Gasteiger partial charge in [-0.05, 0) is 17.4 Å². The first kappa shape index (κ1) is 15.5. The van der Waals surface area contributed by atoms with Gasteiger partial charge in [0.1, 0.15) is 6.61 Å². The smallest absolute Gasteiger partial charge is 0.407 e. The lowest BCUT2D eigenvalue weighted by Crippen LogP contribution is -2.44. The Morgan fingerprint density at radius 1 is 1.32 bits per heavy atom. The van der Waals surface area contributed by atoms with Crippen molar-refractivity contribution in [2.24, 2.45) is 5.41 Å². The lowest BCUT2D eigenvalue weighted by atomic mass is 9.85. The molecule has 0 heterocycles. The Kier molecular flexibility index (Phi) is 5.83. The maximum absolute atomic E-state index is 11.7. The predicted molar refractivity (Wildman–Crippen MR) is 74.7 cm³/mol. The van der Waals surface area contributed by atoms with E-state index < -0.39 is 6.09 Å². The molecule has 0 aromatic heterocycles. The topological polar surface area (TPSA) is 58.6 Å². The molecule has 4 nitrogen and oxygen atoms in total. The molecule has 0 radical (unpaired) electrons. The molecule has 0 bridgehead atoms. The molecule has 19 heavy (non-hydrogen) atoms. The minimum absolute atomic E-state index is 0.0426. The molecule has 1 aromatic rings. The monoisotopic (exact) mass is 265 g/mol. The van der Waals surface area contributed by atoms with Crippen LogP contribution in [0.3, 0.4) is 0 Å². The summed E-state index contributed by atoms with van der Waals surface area (Å²) in [5, 5.41) is 11.8. The number of hydrogen-bond donors (Lipinski definition) is 2. The van der Waals surface area contributed by atoms with Gasteiger partial charge in [-0.25, -0.2) is 4.79 Å². The van der Waals surface area contributed by atoms with Gasteiger partial charge in [0.15, 0.2) is 0 Å². The van der Waals surface area contributed by atoms with Gasteiger partial charge in [0.05, 0.1) is 0 Å². The molecule has 0 saturated carbocycles. The molecule has 1 unspecified atom stereocenters. The first-order valence-corrected chi connectivity index (χ1v) is 6.51. The van der Waals surface area contributed by atoms with Crippen molar-refractivity contribution in [1.82, 2.24) is 5.32 Å². The standard InChI is InChI=1S/C15H23NO3/c1-15(2,3)13(9-10-17)16-14(18)19-11-12-7-5-4-6-8-12/h4-8,13,17H,9-11H2,1-3H3,(H,16,18). The summed E-state index contributed by atoms with van der Waals surface area (Å²) in [5.74, 6) is 0. The van der Waals surface area contributed by atoms with Gasteiger partial charge in [-0.2, -0.15) is 0 Å². The molecular weight excluding hydrogens is 242 g/mol. The van der Waals surface area contributed by atoms with E-state index in [9.17, 15) is 4.79 Å². The number of ether oxygens (including phenoxy) is 1. The van der Waals surface area contributed by atoms with Crippen molar-refractivity contribution in [1.29, 1.82) is 0 Å². The Balaban J connectivity index is 2.45. The van der Waals surface area contributed by atoms with Crippen molar-refractivity contribution in [3.63, 3.8) is 0 Å². The fourth-order valence-corrected chi connectivity index (χ4v) is 1.76. The zero-order valence-corrected chi connectivity index (χ0v) is 11.8. The molecule has 4 heteroatoms. The maximum Gasteiger partial charge on any atom is 0.407 e. The first-order chi connectivity index (χ1) is 8.93. The average Bonchev–Trinajstić information content (AvgIpc) is 2.36. The molecule has 0 aliphatic carbocycles. The predicted octanol–water partition coefficient (Wildman–Crippen LogP) is 2.71. The second-order valence-electron chi connectivity index (χ2n) is 5.64. The minimum atomic E-state index is -0.447. The summed E-state index contributed by atoms with van der Waals surface area (Å²) in [6.45, 7) is 6.35. The highest BCUT2D eigenvalue weighted by molar-refractivity contribution is 5.67. The second-order valence-corrected chi connectivity index (χ2v) is 5.64. The van der Waals surface area contributed by atoms with Crippen molar-refractivity contribution < 1.29 is 14.6 Å². The van der Waals surface area contributed by atoms with Gasteiger partial charge < -0.3 is 15.2 Å². The maximum atomic E-state index is 11.7. The molecule has 0 aliphatic heterocycles. The summed E-state index contributed by atoms with van der Waals surface area (Å²) in [6, 6.07) is 9.42. The lowest BCUT2D eigenvalue weighted by Gasteiger charge is -2.30. The number of amides is 1. The Bertz CT molecular complexity index is 384. The largest absolute Gasteiger partial charge is 0.445 e. The van der Waals surface area contributed by atoms with E-state index >= 15 is 0 Å². The molecular formula is C15H23NO3. The van der Waals surface area contributed by atoms with Crippen LogP contribution >= 0.6 is 0 Å². The van der Waals surface area contributed by atoms with E-state index in [4.69, 9.17) is 9.84 Å². The van der Waals surface area contributed by atoms with Gasteiger partial charge in [-0.3, -0.25) is 0 Å². The SMILES string of the molecule is CC(C)(C)C(CCO)NC(=O)OCc1ccccc1. The third-order valence-corrected chi connectivity index (χ3v) is 2.97. The number of hydrogen-bond acceptors (Lipinski definition) is 3. The summed E-state index contributed by atoms with van der Waals surface area (Å²) >= 11 is 0. The number of alkyl carbamates (subject to hydrolysis) is 1. The molecule has 2 N–H and O–H groups in total. The summed E-state index contributed by atoms with van der Waals surface area (Å²) < 4.78 is 5.17. The van der Waals surface area contributed by atoms with E-state index in [0.29, 0.717) is 6.42 Å². The van der Waals surface area contributed by atoms with Crippen LogP contribution in [-0.4, -0.2) is 23.8 Å². The van der Waals surface area contributed by atoms with Crippen LogP contribution in [0.2, 0.25) is 0 Å². The van der Waals surface area contributed by atoms with E-state index in [2.05, 4.69) is 5.32 Å². The summed E-state index contributed by atoms with van der Waals surface area (Å²) in [5.41, 5.74) is 0.834. The molecule has 1 amide bonds. The number of carbonyl (C=O) groups is 1. The Morgan fingerprint density at radius 3 is 2.47 bits per heavy atom. The van der Waals surface area contributed by atoms with Gasteiger partial charge >= 0.3 is 6.09 Å². The number of aliphatic hydroxyl groups excluding tert-OH is 1. The molecule has 0 aliphatic rings. The van der Waals surface area contributed by atoms with Crippen LogP contribution in [0.1, 0.15) is 32.8 Å². The highest BCUT2D eigenvalue weighted by Gasteiger charge is 2.26. The molecule has 0 saturated heterocycles. The average molecular weight is 265 g/mol. The van der Waals surface area contributed by atoms with Crippen LogP contribution in [0.4, 0.5) is 4.79 Å².